The molecule has 4 heteroatoms. The maximum atomic E-state index is 11.0. The molecule has 1 rings (SSSR count). The molecule has 0 heterocycles. The zero-order valence-electron chi connectivity index (χ0n) is 7.59. The van der Waals surface area contributed by atoms with E-state index >= 15 is 0 Å². The molecule has 0 saturated heterocycles. The molecule has 0 saturated carbocycles. The Morgan fingerprint density at radius 1 is 1.46 bits per heavy atom. The molecule has 1 aromatic carbocycles. The molecule has 0 aliphatic carbocycles. The van der Waals surface area contributed by atoms with Gasteiger partial charge in [-0.3, -0.25) is 10.0 Å². The molecule has 0 aliphatic rings. The van der Waals surface area contributed by atoms with Crippen molar-refractivity contribution in [2.45, 2.75) is 6.92 Å². The number of anilines is 1. The summed E-state index contributed by atoms with van der Waals surface area (Å²) in [6, 6.07) is 5.15. The number of hydrogen-bond acceptors (Lipinski definition) is 3. The van der Waals surface area contributed by atoms with Crippen LogP contribution in [0.1, 0.15) is 15.9 Å². The van der Waals surface area contributed by atoms with Crippen LogP contribution in [0.2, 0.25) is 0 Å². The molecule has 0 bridgehead atoms. The lowest BCUT2D eigenvalue weighted by molar-refractivity contribution is 0.0706. The minimum Gasteiger partial charge on any atom is -0.388 e. The smallest absolute Gasteiger partial charge is 0.274 e. The van der Waals surface area contributed by atoms with Gasteiger partial charge in [-0.1, -0.05) is 6.07 Å². The minimum absolute atomic E-state index is 0.428. The van der Waals surface area contributed by atoms with Crippen LogP contribution in [0, 0.1) is 6.92 Å². The average molecular weight is 180 g/mol. The van der Waals surface area contributed by atoms with Crippen LogP contribution in [-0.4, -0.2) is 18.2 Å². The fraction of sp³-hybridized carbons (Fsp3) is 0.222. The molecule has 4 nitrogen and oxygen atoms in total. The van der Waals surface area contributed by atoms with Crippen molar-refractivity contribution < 1.29 is 10.0 Å². The zero-order valence-corrected chi connectivity index (χ0v) is 7.59. The molecule has 0 radical (unpaired) electrons. The summed E-state index contributed by atoms with van der Waals surface area (Å²) in [5.41, 5.74) is 3.94. The quantitative estimate of drug-likeness (QED) is 0.472. The summed E-state index contributed by atoms with van der Waals surface area (Å²) in [5, 5.41) is 11.4. The minimum atomic E-state index is -0.503. The summed E-state index contributed by atoms with van der Waals surface area (Å²) in [6.45, 7) is 1.94. The molecular formula is C9H12N2O2. The first kappa shape index (κ1) is 9.54. The van der Waals surface area contributed by atoms with Crippen LogP contribution in [0.25, 0.3) is 0 Å². The van der Waals surface area contributed by atoms with Crippen molar-refractivity contribution in [1.29, 1.82) is 0 Å². The summed E-state index contributed by atoms with van der Waals surface area (Å²) in [5.74, 6) is -0.503. The van der Waals surface area contributed by atoms with Gasteiger partial charge in [0.05, 0.1) is 0 Å². The van der Waals surface area contributed by atoms with Gasteiger partial charge >= 0.3 is 0 Å². The van der Waals surface area contributed by atoms with E-state index in [-0.39, 0.29) is 0 Å². The molecule has 70 valence electrons. The Hall–Kier alpha value is -1.55. The number of rotatable bonds is 2. The van der Waals surface area contributed by atoms with Crippen molar-refractivity contribution >= 4 is 11.6 Å². The molecule has 1 aromatic rings. The number of benzene rings is 1. The maximum absolute atomic E-state index is 11.0. The van der Waals surface area contributed by atoms with E-state index in [1.54, 1.807) is 24.7 Å². The van der Waals surface area contributed by atoms with E-state index in [0.717, 1.165) is 11.3 Å². The van der Waals surface area contributed by atoms with E-state index in [0.29, 0.717) is 5.56 Å². The van der Waals surface area contributed by atoms with E-state index < -0.39 is 5.91 Å². The molecular weight excluding hydrogens is 168 g/mol. The number of hydrogen-bond donors (Lipinski definition) is 3. The third kappa shape index (κ3) is 1.97. The lowest BCUT2D eigenvalue weighted by Gasteiger charge is -2.06. The first-order valence-electron chi connectivity index (χ1n) is 3.92. The molecule has 1 amide bonds. The van der Waals surface area contributed by atoms with Gasteiger partial charge in [-0.05, 0) is 24.6 Å². The van der Waals surface area contributed by atoms with Crippen LogP contribution in [0.15, 0.2) is 18.2 Å². The van der Waals surface area contributed by atoms with Crippen LogP contribution in [0.3, 0.4) is 0 Å². The Morgan fingerprint density at radius 3 is 2.69 bits per heavy atom. The number of nitrogens with one attached hydrogen (secondary N) is 2. The van der Waals surface area contributed by atoms with E-state index in [9.17, 15) is 4.79 Å². The summed E-state index contributed by atoms with van der Waals surface area (Å²) >= 11 is 0. The van der Waals surface area contributed by atoms with E-state index in [1.807, 2.05) is 13.0 Å². The predicted molar refractivity (Wildman–Crippen MR) is 50.0 cm³/mol. The van der Waals surface area contributed by atoms with Crippen LogP contribution in [0.5, 0.6) is 0 Å². The fourth-order valence-electron chi connectivity index (χ4n) is 1.10. The highest BCUT2D eigenvalue weighted by Crippen LogP contribution is 2.15. The SMILES string of the molecule is CNc1cc(C(=O)NO)ccc1C. The Bertz CT molecular complexity index is 323. The summed E-state index contributed by atoms with van der Waals surface area (Å²) < 4.78 is 0. The average Bonchev–Trinajstić information content (AvgIpc) is 2.17. The van der Waals surface area contributed by atoms with Gasteiger partial charge in [0.1, 0.15) is 0 Å². The van der Waals surface area contributed by atoms with Gasteiger partial charge in [-0.15, -0.1) is 0 Å². The fourth-order valence-corrected chi connectivity index (χ4v) is 1.10. The van der Waals surface area contributed by atoms with E-state index in [1.165, 1.54) is 0 Å². The maximum Gasteiger partial charge on any atom is 0.274 e. The van der Waals surface area contributed by atoms with Crippen molar-refractivity contribution in [3.05, 3.63) is 29.3 Å². The van der Waals surface area contributed by atoms with Gasteiger partial charge in [-0.2, -0.15) is 0 Å². The Labute approximate surface area is 76.5 Å². The number of carbonyl (C=O) groups excluding carboxylic acids is 1. The highest BCUT2D eigenvalue weighted by Gasteiger charge is 2.05. The van der Waals surface area contributed by atoms with Gasteiger partial charge in [-0.25, -0.2) is 5.48 Å². The zero-order chi connectivity index (χ0) is 9.84. The summed E-state index contributed by atoms with van der Waals surface area (Å²) in [6.07, 6.45) is 0. The van der Waals surface area contributed by atoms with Gasteiger partial charge in [0, 0.05) is 18.3 Å². The second-order valence-corrected chi connectivity index (χ2v) is 2.72. The predicted octanol–water partition coefficient (Wildman–Crippen LogP) is 1.16. The Balaban J connectivity index is 3.06. The highest BCUT2D eigenvalue weighted by molar-refractivity contribution is 5.94. The largest absolute Gasteiger partial charge is 0.388 e. The van der Waals surface area contributed by atoms with Crippen molar-refractivity contribution in [2.75, 3.05) is 12.4 Å². The number of aryl methyl sites for hydroxylation is 1. The standard InChI is InChI=1S/C9H12N2O2/c1-6-3-4-7(9(12)11-13)5-8(6)10-2/h3-5,10,13H,1-2H3,(H,11,12). The molecule has 13 heavy (non-hydrogen) atoms. The Kier molecular flexibility index (Phi) is 2.87. The summed E-state index contributed by atoms with van der Waals surface area (Å²) in [4.78, 5) is 11.0. The normalized spacial score (nSPS) is 9.46. The molecule has 0 fully saturated rings. The molecule has 0 aromatic heterocycles. The lowest BCUT2D eigenvalue weighted by Crippen LogP contribution is -2.18. The topological polar surface area (TPSA) is 61.4 Å². The first-order valence-corrected chi connectivity index (χ1v) is 3.92. The highest BCUT2D eigenvalue weighted by atomic mass is 16.5. The molecule has 0 unspecified atom stereocenters. The van der Waals surface area contributed by atoms with Gasteiger partial charge < -0.3 is 5.32 Å². The van der Waals surface area contributed by atoms with Crippen molar-refractivity contribution in [3.8, 4) is 0 Å². The lowest BCUT2D eigenvalue weighted by atomic mass is 10.1. The first-order chi connectivity index (χ1) is 6.19. The second-order valence-electron chi connectivity index (χ2n) is 2.72. The molecule has 0 spiro atoms. The third-order valence-corrected chi connectivity index (χ3v) is 1.87. The third-order valence-electron chi connectivity index (χ3n) is 1.87. The van der Waals surface area contributed by atoms with E-state index in [2.05, 4.69) is 5.32 Å². The van der Waals surface area contributed by atoms with Crippen molar-refractivity contribution in [3.63, 3.8) is 0 Å². The number of carbonyl (C=O) groups is 1. The monoisotopic (exact) mass is 180 g/mol. The van der Waals surface area contributed by atoms with Gasteiger partial charge in [0.2, 0.25) is 0 Å². The van der Waals surface area contributed by atoms with Gasteiger partial charge in [0.25, 0.3) is 5.91 Å². The van der Waals surface area contributed by atoms with Crippen LogP contribution in [-0.2, 0) is 0 Å². The second kappa shape index (κ2) is 3.91. The van der Waals surface area contributed by atoms with Gasteiger partial charge in [0.15, 0.2) is 0 Å². The van der Waals surface area contributed by atoms with Crippen LogP contribution in [0.4, 0.5) is 5.69 Å². The van der Waals surface area contributed by atoms with Crippen molar-refractivity contribution in [2.24, 2.45) is 0 Å². The number of amides is 1. The van der Waals surface area contributed by atoms with Crippen LogP contribution >= 0.6 is 0 Å². The van der Waals surface area contributed by atoms with Crippen molar-refractivity contribution in [1.82, 2.24) is 5.48 Å². The van der Waals surface area contributed by atoms with Crippen LogP contribution < -0.4 is 10.8 Å². The van der Waals surface area contributed by atoms with E-state index in [4.69, 9.17) is 5.21 Å². The summed E-state index contributed by atoms with van der Waals surface area (Å²) in [7, 11) is 1.78. The molecule has 0 aliphatic heterocycles. The number of hydroxylamine groups is 1. The molecule has 3 N–H and O–H groups in total. The Morgan fingerprint density at radius 2 is 2.15 bits per heavy atom. The molecule has 0 atom stereocenters.